The van der Waals surface area contributed by atoms with Crippen LogP contribution in [0.25, 0.3) is 10.8 Å². The lowest BCUT2D eigenvalue weighted by molar-refractivity contribution is 0.587. The zero-order valence-corrected chi connectivity index (χ0v) is 13.4. The molecule has 2 heterocycles. The number of amidine groups is 1. The minimum absolute atomic E-state index is 0.133. The van der Waals surface area contributed by atoms with Crippen molar-refractivity contribution >= 4 is 16.6 Å². The molecule has 0 bridgehead atoms. The zero-order valence-electron chi connectivity index (χ0n) is 13.4. The van der Waals surface area contributed by atoms with E-state index in [-0.39, 0.29) is 5.92 Å². The highest BCUT2D eigenvalue weighted by molar-refractivity contribution is 5.99. The number of nitrogens with zero attached hydrogens (tertiary/aromatic N) is 3. The van der Waals surface area contributed by atoms with Gasteiger partial charge >= 0.3 is 0 Å². The molecule has 3 heteroatoms. The fourth-order valence-corrected chi connectivity index (χ4v) is 3.47. The molecule has 1 aliphatic heterocycles. The Morgan fingerprint density at radius 3 is 2.65 bits per heavy atom. The Balaban J connectivity index is 2.02. The molecular weight excluding hydrogens is 282 g/mol. The Bertz CT molecular complexity index is 882. The quantitative estimate of drug-likeness (QED) is 0.683. The van der Waals surface area contributed by atoms with E-state index in [2.05, 4.69) is 66.4 Å². The van der Waals surface area contributed by atoms with Crippen molar-refractivity contribution in [2.75, 3.05) is 14.1 Å². The summed E-state index contributed by atoms with van der Waals surface area (Å²) in [5.41, 5.74) is 3.87. The number of hydrogen-bond donors (Lipinski definition) is 0. The van der Waals surface area contributed by atoms with Crippen LogP contribution in [-0.4, -0.2) is 29.8 Å². The molecule has 0 spiro atoms. The number of rotatable bonds is 1. The minimum atomic E-state index is 0.133. The van der Waals surface area contributed by atoms with Gasteiger partial charge in [-0.25, -0.2) is 0 Å². The molecule has 114 valence electrons. The topological polar surface area (TPSA) is 28.5 Å². The molecule has 0 aliphatic carbocycles. The fourth-order valence-electron chi connectivity index (χ4n) is 3.47. The van der Waals surface area contributed by atoms with Crippen molar-refractivity contribution in [2.45, 2.75) is 12.5 Å². The van der Waals surface area contributed by atoms with Gasteiger partial charge in [0.05, 0.1) is 12.5 Å². The summed E-state index contributed by atoms with van der Waals surface area (Å²) in [6.07, 6.45) is 3.78. The van der Waals surface area contributed by atoms with Crippen LogP contribution in [0.3, 0.4) is 0 Å². The largest absolute Gasteiger partial charge is 0.366 e. The van der Waals surface area contributed by atoms with E-state index in [1.165, 1.54) is 27.5 Å². The second-order valence-corrected chi connectivity index (χ2v) is 6.15. The summed E-state index contributed by atoms with van der Waals surface area (Å²) >= 11 is 0. The third-order valence-electron chi connectivity index (χ3n) is 4.50. The highest BCUT2D eigenvalue weighted by Crippen LogP contribution is 2.38. The maximum Gasteiger partial charge on any atom is 0.111 e. The molecule has 0 fully saturated rings. The van der Waals surface area contributed by atoms with Gasteiger partial charge in [-0.1, -0.05) is 42.5 Å². The Hall–Kier alpha value is -2.68. The molecule has 0 N–H and O–H groups in total. The van der Waals surface area contributed by atoms with Crippen LogP contribution in [0.15, 0.2) is 65.9 Å². The molecule has 0 saturated heterocycles. The lowest BCUT2D eigenvalue weighted by atomic mass is 9.82. The number of likely N-dealkylation sites (N-methyl/N-ethyl adjacent to an activating group) is 1. The molecule has 1 aliphatic rings. The number of aliphatic imine (C=N–C) groups is 1. The first-order valence-corrected chi connectivity index (χ1v) is 7.88. The molecule has 4 rings (SSSR count). The zero-order chi connectivity index (χ0) is 15.8. The molecule has 1 unspecified atom stereocenters. The first kappa shape index (κ1) is 13.9. The van der Waals surface area contributed by atoms with Gasteiger partial charge in [0.1, 0.15) is 5.84 Å². The summed E-state index contributed by atoms with van der Waals surface area (Å²) in [6, 6.07) is 17.2. The standard InChI is InChI=1S/C20H19N3/c1-23(2)20-19(15-7-5-11-21-12-15)18-16(13-22-20)10-9-14-6-3-4-8-17(14)18/h3-12,19H,13H2,1-2H3. The van der Waals surface area contributed by atoms with Crippen LogP contribution in [0.5, 0.6) is 0 Å². The first-order valence-electron chi connectivity index (χ1n) is 7.88. The average molecular weight is 301 g/mol. The summed E-state index contributed by atoms with van der Waals surface area (Å²) in [7, 11) is 4.14. The van der Waals surface area contributed by atoms with E-state index in [0.717, 1.165) is 12.4 Å². The Morgan fingerprint density at radius 1 is 1.00 bits per heavy atom. The van der Waals surface area contributed by atoms with Gasteiger partial charge in [-0.3, -0.25) is 9.98 Å². The molecule has 0 amide bonds. The van der Waals surface area contributed by atoms with E-state index in [0.29, 0.717) is 0 Å². The molecule has 0 saturated carbocycles. The predicted molar refractivity (Wildman–Crippen MR) is 94.9 cm³/mol. The van der Waals surface area contributed by atoms with Gasteiger partial charge in [0.2, 0.25) is 0 Å². The molecular formula is C20H19N3. The van der Waals surface area contributed by atoms with Crippen molar-refractivity contribution in [2.24, 2.45) is 4.99 Å². The lowest BCUT2D eigenvalue weighted by Crippen LogP contribution is -2.32. The number of pyridine rings is 1. The van der Waals surface area contributed by atoms with Crippen LogP contribution >= 0.6 is 0 Å². The highest BCUT2D eigenvalue weighted by atomic mass is 15.1. The van der Waals surface area contributed by atoms with Crippen molar-refractivity contribution in [3.63, 3.8) is 0 Å². The van der Waals surface area contributed by atoms with E-state index in [1.54, 1.807) is 0 Å². The summed E-state index contributed by atoms with van der Waals surface area (Å²) in [5, 5.41) is 2.59. The predicted octanol–water partition coefficient (Wildman–Crippen LogP) is 3.84. The van der Waals surface area contributed by atoms with Crippen molar-refractivity contribution in [3.05, 3.63) is 77.6 Å². The van der Waals surface area contributed by atoms with E-state index < -0.39 is 0 Å². The third kappa shape index (κ3) is 2.29. The van der Waals surface area contributed by atoms with Gasteiger partial charge in [0.25, 0.3) is 0 Å². The maximum atomic E-state index is 4.85. The van der Waals surface area contributed by atoms with Crippen molar-refractivity contribution in [1.82, 2.24) is 9.88 Å². The number of fused-ring (bicyclic) bond motifs is 3. The van der Waals surface area contributed by atoms with Crippen LogP contribution < -0.4 is 0 Å². The SMILES string of the molecule is CN(C)C1=NCc2ccc3ccccc3c2C1c1cccnc1. The second-order valence-electron chi connectivity index (χ2n) is 6.15. The van der Waals surface area contributed by atoms with Crippen LogP contribution in [0.4, 0.5) is 0 Å². The summed E-state index contributed by atoms with van der Waals surface area (Å²) < 4.78 is 0. The van der Waals surface area contributed by atoms with Gasteiger partial charge < -0.3 is 4.90 Å². The molecule has 3 nitrogen and oxygen atoms in total. The van der Waals surface area contributed by atoms with Gasteiger partial charge in [-0.05, 0) is 33.5 Å². The van der Waals surface area contributed by atoms with Crippen molar-refractivity contribution in [1.29, 1.82) is 0 Å². The van der Waals surface area contributed by atoms with E-state index in [1.807, 2.05) is 18.5 Å². The molecule has 23 heavy (non-hydrogen) atoms. The van der Waals surface area contributed by atoms with E-state index in [9.17, 15) is 0 Å². The molecule has 0 radical (unpaired) electrons. The van der Waals surface area contributed by atoms with E-state index >= 15 is 0 Å². The monoisotopic (exact) mass is 301 g/mol. The average Bonchev–Trinajstić information content (AvgIpc) is 2.61. The minimum Gasteiger partial charge on any atom is -0.366 e. The van der Waals surface area contributed by atoms with Crippen molar-refractivity contribution in [3.8, 4) is 0 Å². The first-order chi connectivity index (χ1) is 11.3. The molecule has 1 atom stereocenters. The van der Waals surface area contributed by atoms with E-state index in [4.69, 9.17) is 4.99 Å². The summed E-state index contributed by atoms with van der Waals surface area (Å²) in [6.45, 7) is 0.741. The number of hydrogen-bond acceptors (Lipinski definition) is 3. The number of benzene rings is 2. The summed E-state index contributed by atoms with van der Waals surface area (Å²) in [4.78, 5) is 11.3. The van der Waals surface area contributed by atoms with Crippen LogP contribution in [0.2, 0.25) is 0 Å². The maximum absolute atomic E-state index is 4.85. The molecule has 3 aromatic rings. The normalized spacial score (nSPS) is 16.8. The Morgan fingerprint density at radius 2 is 1.87 bits per heavy atom. The lowest BCUT2D eigenvalue weighted by Gasteiger charge is -2.31. The van der Waals surface area contributed by atoms with Crippen molar-refractivity contribution < 1.29 is 0 Å². The molecule has 1 aromatic heterocycles. The Labute approximate surface area is 136 Å². The number of aromatic nitrogens is 1. The fraction of sp³-hybridized carbons (Fsp3) is 0.200. The smallest absolute Gasteiger partial charge is 0.111 e. The van der Waals surface area contributed by atoms with Gasteiger partial charge in [-0.15, -0.1) is 0 Å². The third-order valence-corrected chi connectivity index (χ3v) is 4.50. The van der Waals surface area contributed by atoms with Crippen LogP contribution in [0.1, 0.15) is 22.6 Å². The summed E-state index contributed by atoms with van der Waals surface area (Å²) in [5.74, 6) is 1.23. The second kappa shape index (κ2) is 5.51. The van der Waals surface area contributed by atoms with Gasteiger partial charge in [0, 0.05) is 26.5 Å². The van der Waals surface area contributed by atoms with Gasteiger partial charge in [-0.2, -0.15) is 0 Å². The Kier molecular flexibility index (Phi) is 3.34. The van der Waals surface area contributed by atoms with Crippen LogP contribution in [0, 0.1) is 0 Å². The molecule has 2 aromatic carbocycles. The van der Waals surface area contributed by atoms with Crippen LogP contribution in [-0.2, 0) is 6.54 Å². The van der Waals surface area contributed by atoms with Gasteiger partial charge in [0.15, 0.2) is 0 Å². The highest BCUT2D eigenvalue weighted by Gasteiger charge is 2.29.